The van der Waals surface area contributed by atoms with Crippen LogP contribution in [-0.2, 0) is 0 Å². The van der Waals surface area contributed by atoms with Crippen LogP contribution in [-0.4, -0.2) is 30.3 Å². The second-order valence-corrected chi connectivity index (χ2v) is 6.45. The summed E-state index contributed by atoms with van der Waals surface area (Å²) in [5.74, 6) is 1.86. The normalized spacial score (nSPS) is 20.9. The van der Waals surface area contributed by atoms with E-state index in [2.05, 4.69) is 18.7 Å². The highest BCUT2D eigenvalue weighted by Crippen LogP contribution is 2.24. The van der Waals surface area contributed by atoms with E-state index in [9.17, 15) is 4.79 Å². The lowest BCUT2D eigenvalue weighted by Crippen LogP contribution is -2.31. The number of carbonyl (C=O) groups excluding carboxylic acids is 1. The Balaban J connectivity index is 1.94. The van der Waals surface area contributed by atoms with Crippen molar-refractivity contribution >= 4 is 5.78 Å². The Labute approximate surface area is 123 Å². The lowest BCUT2D eigenvalue weighted by Gasteiger charge is -2.21. The molecule has 0 bridgehead atoms. The van der Waals surface area contributed by atoms with E-state index >= 15 is 0 Å². The number of Topliss-reactive ketones (excluding diaryl/α,β-unsaturated/α-hetero) is 1. The zero-order chi connectivity index (χ0) is 14.5. The maximum atomic E-state index is 12.4. The summed E-state index contributed by atoms with van der Waals surface area (Å²) in [5.41, 5.74) is 1.98. The monoisotopic (exact) mass is 273 g/mol. The molecule has 2 heteroatoms. The van der Waals surface area contributed by atoms with Crippen LogP contribution in [0.5, 0.6) is 0 Å². The quantitative estimate of drug-likeness (QED) is 0.775. The van der Waals surface area contributed by atoms with Gasteiger partial charge in [0.2, 0.25) is 0 Å². The van der Waals surface area contributed by atoms with Gasteiger partial charge in [-0.15, -0.1) is 0 Å². The fourth-order valence-electron chi connectivity index (χ4n) is 3.18. The molecule has 20 heavy (non-hydrogen) atoms. The van der Waals surface area contributed by atoms with Gasteiger partial charge in [0.15, 0.2) is 5.78 Å². The fraction of sp³-hybridized carbons (Fsp3) is 0.611. The smallest absolute Gasteiger partial charge is 0.177 e. The van der Waals surface area contributed by atoms with Crippen molar-refractivity contribution in [3.63, 3.8) is 0 Å². The highest BCUT2D eigenvalue weighted by atomic mass is 16.1. The summed E-state index contributed by atoms with van der Waals surface area (Å²) in [4.78, 5) is 14.8. The van der Waals surface area contributed by atoms with Crippen molar-refractivity contribution in [2.75, 3.05) is 19.6 Å². The first kappa shape index (κ1) is 15.2. The number of aryl methyl sites for hydroxylation is 1. The Hall–Kier alpha value is -1.15. The number of likely N-dealkylation sites (tertiary alicyclic amines) is 1. The molecule has 1 aliphatic rings. The molecule has 0 saturated carbocycles. The third kappa shape index (κ3) is 3.92. The van der Waals surface area contributed by atoms with Gasteiger partial charge in [-0.3, -0.25) is 9.69 Å². The van der Waals surface area contributed by atoms with E-state index in [1.807, 2.05) is 31.2 Å². The average Bonchev–Trinajstić information content (AvgIpc) is 2.65. The molecular formula is C18H27NO. The topological polar surface area (TPSA) is 20.3 Å². The van der Waals surface area contributed by atoms with Gasteiger partial charge >= 0.3 is 0 Å². The molecule has 2 nitrogen and oxygen atoms in total. The number of hydrogen-bond donors (Lipinski definition) is 0. The molecule has 0 amide bonds. The Bertz CT molecular complexity index is 452. The predicted molar refractivity (Wildman–Crippen MR) is 84.1 cm³/mol. The first-order valence-corrected chi connectivity index (χ1v) is 7.89. The SMILES string of the molecule is Cc1ccccc1C(=O)CN1CCCC(C(C)C)CC1. The standard InChI is InChI=1S/C18H27NO/c1-14(2)16-8-6-11-19(12-10-16)13-18(20)17-9-5-4-7-15(17)3/h4-5,7,9,14,16H,6,8,10-13H2,1-3H3. The molecule has 0 N–H and O–H groups in total. The van der Waals surface area contributed by atoms with Gasteiger partial charge in [-0.05, 0) is 56.7 Å². The number of ketones is 1. The first-order valence-electron chi connectivity index (χ1n) is 7.89. The lowest BCUT2D eigenvalue weighted by molar-refractivity contribution is 0.0931. The second kappa shape index (κ2) is 7.03. The van der Waals surface area contributed by atoms with Gasteiger partial charge in [-0.25, -0.2) is 0 Å². The Morgan fingerprint density at radius 3 is 2.70 bits per heavy atom. The third-order valence-corrected chi connectivity index (χ3v) is 4.62. The average molecular weight is 273 g/mol. The maximum absolute atomic E-state index is 12.4. The number of rotatable bonds is 4. The van der Waals surface area contributed by atoms with E-state index in [0.717, 1.165) is 36.1 Å². The molecule has 1 atom stereocenters. The summed E-state index contributed by atoms with van der Waals surface area (Å²) >= 11 is 0. The highest BCUT2D eigenvalue weighted by molar-refractivity contribution is 5.98. The third-order valence-electron chi connectivity index (χ3n) is 4.62. The summed E-state index contributed by atoms with van der Waals surface area (Å²) in [6.45, 7) is 9.37. The van der Waals surface area contributed by atoms with E-state index in [1.54, 1.807) is 0 Å². The molecular weight excluding hydrogens is 246 g/mol. The van der Waals surface area contributed by atoms with Crippen LogP contribution in [0.25, 0.3) is 0 Å². The molecule has 0 aromatic heterocycles. The predicted octanol–water partition coefficient (Wildman–Crippen LogP) is 3.94. The number of nitrogens with zero attached hydrogens (tertiary/aromatic N) is 1. The molecule has 1 aliphatic heterocycles. The summed E-state index contributed by atoms with van der Waals surface area (Å²) in [6, 6.07) is 7.92. The summed E-state index contributed by atoms with van der Waals surface area (Å²) in [5, 5.41) is 0. The van der Waals surface area contributed by atoms with E-state index in [0.29, 0.717) is 6.54 Å². The minimum absolute atomic E-state index is 0.270. The number of benzene rings is 1. The molecule has 1 heterocycles. The Morgan fingerprint density at radius 1 is 1.25 bits per heavy atom. The molecule has 1 fully saturated rings. The van der Waals surface area contributed by atoms with Crippen molar-refractivity contribution in [2.45, 2.75) is 40.0 Å². The zero-order valence-electron chi connectivity index (χ0n) is 13.1. The molecule has 1 saturated heterocycles. The van der Waals surface area contributed by atoms with E-state index in [4.69, 9.17) is 0 Å². The van der Waals surface area contributed by atoms with Crippen LogP contribution >= 0.6 is 0 Å². The van der Waals surface area contributed by atoms with Crippen molar-refractivity contribution in [3.05, 3.63) is 35.4 Å². The van der Waals surface area contributed by atoms with E-state index in [-0.39, 0.29) is 5.78 Å². The van der Waals surface area contributed by atoms with Crippen molar-refractivity contribution in [1.29, 1.82) is 0 Å². The van der Waals surface area contributed by atoms with Gasteiger partial charge in [0, 0.05) is 5.56 Å². The highest BCUT2D eigenvalue weighted by Gasteiger charge is 2.21. The van der Waals surface area contributed by atoms with Crippen molar-refractivity contribution < 1.29 is 4.79 Å². The Morgan fingerprint density at radius 2 is 2.00 bits per heavy atom. The van der Waals surface area contributed by atoms with Gasteiger partial charge < -0.3 is 0 Å². The molecule has 0 spiro atoms. The van der Waals surface area contributed by atoms with Crippen LogP contribution in [0.4, 0.5) is 0 Å². The lowest BCUT2D eigenvalue weighted by atomic mass is 9.89. The number of carbonyl (C=O) groups is 1. The molecule has 110 valence electrons. The van der Waals surface area contributed by atoms with Crippen molar-refractivity contribution in [2.24, 2.45) is 11.8 Å². The molecule has 2 rings (SSSR count). The van der Waals surface area contributed by atoms with Crippen LogP contribution in [0.1, 0.15) is 49.0 Å². The minimum Gasteiger partial charge on any atom is -0.296 e. The second-order valence-electron chi connectivity index (χ2n) is 6.45. The molecule has 1 aromatic rings. The molecule has 1 aromatic carbocycles. The van der Waals surface area contributed by atoms with Gasteiger partial charge in [0.25, 0.3) is 0 Å². The zero-order valence-corrected chi connectivity index (χ0v) is 13.1. The van der Waals surface area contributed by atoms with Gasteiger partial charge in [-0.2, -0.15) is 0 Å². The van der Waals surface area contributed by atoms with Crippen LogP contribution in [0.15, 0.2) is 24.3 Å². The summed E-state index contributed by atoms with van der Waals surface area (Å²) in [7, 11) is 0. The van der Waals surface area contributed by atoms with Crippen LogP contribution in [0.3, 0.4) is 0 Å². The summed E-state index contributed by atoms with van der Waals surface area (Å²) in [6.07, 6.45) is 3.77. The van der Waals surface area contributed by atoms with Gasteiger partial charge in [0.05, 0.1) is 6.54 Å². The molecule has 1 unspecified atom stereocenters. The minimum atomic E-state index is 0.270. The van der Waals surface area contributed by atoms with Crippen molar-refractivity contribution in [3.8, 4) is 0 Å². The Kier molecular flexibility index (Phi) is 5.36. The first-order chi connectivity index (χ1) is 9.58. The van der Waals surface area contributed by atoms with Crippen LogP contribution in [0, 0.1) is 18.8 Å². The van der Waals surface area contributed by atoms with E-state index < -0.39 is 0 Å². The maximum Gasteiger partial charge on any atom is 0.177 e. The van der Waals surface area contributed by atoms with Gasteiger partial charge in [-0.1, -0.05) is 38.1 Å². The van der Waals surface area contributed by atoms with Crippen molar-refractivity contribution in [1.82, 2.24) is 4.90 Å². The summed E-state index contributed by atoms with van der Waals surface area (Å²) < 4.78 is 0. The number of hydrogen-bond acceptors (Lipinski definition) is 2. The van der Waals surface area contributed by atoms with Crippen LogP contribution < -0.4 is 0 Å². The molecule has 0 radical (unpaired) electrons. The van der Waals surface area contributed by atoms with E-state index in [1.165, 1.54) is 19.3 Å². The largest absolute Gasteiger partial charge is 0.296 e. The molecule has 0 aliphatic carbocycles. The van der Waals surface area contributed by atoms with Crippen LogP contribution in [0.2, 0.25) is 0 Å². The van der Waals surface area contributed by atoms with Gasteiger partial charge in [0.1, 0.15) is 0 Å². The fourth-order valence-corrected chi connectivity index (χ4v) is 3.18.